The Hall–Kier alpha value is -2.37. The summed E-state index contributed by atoms with van der Waals surface area (Å²) in [5.74, 6) is -0.0221. The molecule has 0 aromatic carbocycles. The monoisotopic (exact) mass is 261 g/mol. The average molecular weight is 261 g/mol. The number of hydrogen-bond donors (Lipinski definition) is 1. The van der Waals surface area contributed by atoms with Crippen LogP contribution < -0.4 is 4.74 Å². The number of carboxylic acid groups (broad SMARTS) is 1. The summed E-state index contributed by atoms with van der Waals surface area (Å²) in [6, 6.07) is 1.53. The SMILES string of the molecule is CCCn1cc(Oc2ncc(C(=O)O)cc2C)cn1. The van der Waals surface area contributed by atoms with E-state index in [4.69, 9.17) is 9.84 Å². The minimum atomic E-state index is -1.00. The van der Waals surface area contributed by atoms with Crippen LogP contribution in [-0.2, 0) is 6.54 Å². The van der Waals surface area contributed by atoms with Gasteiger partial charge in [0.05, 0.1) is 18.0 Å². The Morgan fingerprint density at radius 1 is 1.47 bits per heavy atom. The lowest BCUT2D eigenvalue weighted by molar-refractivity contribution is 0.0696. The highest BCUT2D eigenvalue weighted by atomic mass is 16.5. The lowest BCUT2D eigenvalue weighted by Gasteiger charge is -2.05. The molecule has 2 heterocycles. The van der Waals surface area contributed by atoms with Crippen LogP contribution >= 0.6 is 0 Å². The van der Waals surface area contributed by atoms with Crippen molar-refractivity contribution in [2.45, 2.75) is 26.8 Å². The van der Waals surface area contributed by atoms with Gasteiger partial charge in [0.25, 0.3) is 0 Å². The third kappa shape index (κ3) is 3.09. The Morgan fingerprint density at radius 3 is 2.89 bits per heavy atom. The molecule has 2 aromatic heterocycles. The van der Waals surface area contributed by atoms with Crippen LogP contribution in [0.25, 0.3) is 0 Å². The molecule has 6 heteroatoms. The smallest absolute Gasteiger partial charge is 0.337 e. The van der Waals surface area contributed by atoms with Crippen molar-refractivity contribution < 1.29 is 14.6 Å². The van der Waals surface area contributed by atoms with Crippen LogP contribution in [0.5, 0.6) is 11.6 Å². The van der Waals surface area contributed by atoms with E-state index in [1.165, 1.54) is 12.3 Å². The lowest BCUT2D eigenvalue weighted by atomic mass is 10.2. The molecule has 19 heavy (non-hydrogen) atoms. The third-order valence-corrected chi connectivity index (χ3v) is 2.55. The molecular formula is C13H15N3O3. The van der Waals surface area contributed by atoms with E-state index >= 15 is 0 Å². The van der Waals surface area contributed by atoms with Crippen LogP contribution in [0.4, 0.5) is 0 Å². The maximum atomic E-state index is 10.8. The highest BCUT2D eigenvalue weighted by Gasteiger charge is 2.09. The predicted octanol–water partition coefficient (Wildman–Crippen LogP) is 2.49. The number of aromatic nitrogens is 3. The molecule has 0 aliphatic heterocycles. The topological polar surface area (TPSA) is 77.2 Å². The van der Waals surface area contributed by atoms with Crippen molar-refractivity contribution in [1.82, 2.24) is 14.8 Å². The van der Waals surface area contributed by atoms with Gasteiger partial charge in [0.2, 0.25) is 5.88 Å². The molecule has 0 bridgehead atoms. The van der Waals surface area contributed by atoms with Gasteiger partial charge in [0, 0.05) is 18.3 Å². The molecule has 0 aliphatic carbocycles. The molecule has 2 rings (SSSR count). The molecule has 6 nitrogen and oxygen atoms in total. The van der Waals surface area contributed by atoms with Crippen molar-refractivity contribution in [3.8, 4) is 11.6 Å². The Bertz CT molecular complexity index is 593. The van der Waals surface area contributed by atoms with Gasteiger partial charge in [-0.15, -0.1) is 0 Å². The van der Waals surface area contributed by atoms with Gasteiger partial charge < -0.3 is 9.84 Å². The molecule has 0 atom stereocenters. The van der Waals surface area contributed by atoms with Crippen molar-refractivity contribution in [3.05, 3.63) is 35.8 Å². The van der Waals surface area contributed by atoms with E-state index in [0.29, 0.717) is 17.2 Å². The second-order valence-electron chi connectivity index (χ2n) is 4.19. The summed E-state index contributed by atoms with van der Waals surface area (Å²) in [5, 5.41) is 13.0. The van der Waals surface area contributed by atoms with Crippen molar-refractivity contribution >= 4 is 5.97 Å². The van der Waals surface area contributed by atoms with Crippen LogP contribution in [0.1, 0.15) is 29.3 Å². The summed E-state index contributed by atoms with van der Waals surface area (Å²) >= 11 is 0. The number of pyridine rings is 1. The number of ether oxygens (including phenoxy) is 1. The zero-order valence-electron chi connectivity index (χ0n) is 10.8. The maximum Gasteiger partial charge on any atom is 0.337 e. The first-order valence-corrected chi connectivity index (χ1v) is 6.00. The Labute approximate surface area is 110 Å². The number of aromatic carboxylic acids is 1. The van der Waals surface area contributed by atoms with Gasteiger partial charge in [-0.05, 0) is 19.4 Å². The number of nitrogens with zero attached hydrogens (tertiary/aromatic N) is 3. The Kier molecular flexibility index (Phi) is 3.79. The van der Waals surface area contributed by atoms with E-state index in [0.717, 1.165) is 13.0 Å². The molecular weight excluding hydrogens is 246 g/mol. The molecule has 2 aromatic rings. The van der Waals surface area contributed by atoms with Crippen LogP contribution in [-0.4, -0.2) is 25.8 Å². The number of rotatable bonds is 5. The quantitative estimate of drug-likeness (QED) is 0.894. The van der Waals surface area contributed by atoms with E-state index in [-0.39, 0.29) is 5.56 Å². The van der Waals surface area contributed by atoms with Gasteiger partial charge >= 0.3 is 5.97 Å². The average Bonchev–Trinajstić information content (AvgIpc) is 2.79. The Morgan fingerprint density at radius 2 is 2.26 bits per heavy atom. The van der Waals surface area contributed by atoms with Gasteiger partial charge in [-0.25, -0.2) is 9.78 Å². The normalized spacial score (nSPS) is 10.4. The molecule has 1 N–H and O–H groups in total. The van der Waals surface area contributed by atoms with Gasteiger partial charge in [-0.3, -0.25) is 4.68 Å². The second-order valence-corrected chi connectivity index (χ2v) is 4.19. The largest absolute Gasteiger partial charge is 0.478 e. The van der Waals surface area contributed by atoms with E-state index in [9.17, 15) is 4.79 Å². The molecule has 0 aliphatic rings. The number of aryl methyl sites for hydroxylation is 2. The predicted molar refractivity (Wildman–Crippen MR) is 68.5 cm³/mol. The molecule has 0 unspecified atom stereocenters. The first kappa shape index (κ1) is 13.1. The summed E-state index contributed by atoms with van der Waals surface area (Å²) in [5.41, 5.74) is 0.815. The van der Waals surface area contributed by atoms with Crippen LogP contribution in [0, 0.1) is 6.92 Å². The van der Waals surface area contributed by atoms with E-state index < -0.39 is 5.97 Å². The summed E-state index contributed by atoms with van der Waals surface area (Å²) < 4.78 is 7.37. The molecule has 0 fully saturated rings. The lowest BCUT2D eigenvalue weighted by Crippen LogP contribution is -1.99. The summed E-state index contributed by atoms with van der Waals surface area (Å²) in [6.45, 7) is 4.65. The van der Waals surface area contributed by atoms with Crippen LogP contribution in [0.15, 0.2) is 24.7 Å². The number of hydrogen-bond acceptors (Lipinski definition) is 4. The van der Waals surface area contributed by atoms with Crippen LogP contribution in [0.3, 0.4) is 0 Å². The number of carboxylic acids is 1. The highest BCUT2D eigenvalue weighted by molar-refractivity contribution is 5.87. The maximum absolute atomic E-state index is 10.8. The first-order chi connectivity index (χ1) is 9.10. The summed E-state index contributed by atoms with van der Waals surface area (Å²) in [4.78, 5) is 14.8. The van der Waals surface area contributed by atoms with Gasteiger partial charge in [0.1, 0.15) is 0 Å². The van der Waals surface area contributed by atoms with Crippen molar-refractivity contribution in [1.29, 1.82) is 0 Å². The van der Waals surface area contributed by atoms with E-state index in [1.807, 2.05) is 0 Å². The molecule has 100 valence electrons. The molecule has 0 spiro atoms. The summed E-state index contributed by atoms with van der Waals surface area (Å²) in [7, 11) is 0. The molecule has 0 radical (unpaired) electrons. The fourth-order valence-electron chi connectivity index (χ4n) is 1.65. The fraction of sp³-hybridized carbons (Fsp3) is 0.308. The third-order valence-electron chi connectivity index (χ3n) is 2.55. The van der Waals surface area contributed by atoms with E-state index in [2.05, 4.69) is 17.0 Å². The minimum Gasteiger partial charge on any atom is -0.478 e. The molecule has 0 saturated heterocycles. The first-order valence-electron chi connectivity index (χ1n) is 6.00. The van der Waals surface area contributed by atoms with Gasteiger partial charge in [0.15, 0.2) is 5.75 Å². The molecule has 0 amide bonds. The van der Waals surface area contributed by atoms with Gasteiger partial charge in [-0.2, -0.15) is 5.10 Å². The van der Waals surface area contributed by atoms with Crippen molar-refractivity contribution in [2.75, 3.05) is 0 Å². The van der Waals surface area contributed by atoms with Crippen LogP contribution in [0.2, 0.25) is 0 Å². The van der Waals surface area contributed by atoms with Gasteiger partial charge in [-0.1, -0.05) is 6.92 Å². The molecule has 0 saturated carbocycles. The number of carbonyl (C=O) groups is 1. The van der Waals surface area contributed by atoms with Crippen molar-refractivity contribution in [3.63, 3.8) is 0 Å². The van der Waals surface area contributed by atoms with Crippen molar-refractivity contribution in [2.24, 2.45) is 0 Å². The minimum absolute atomic E-state index is 0.145. The Balaban J connectivity index is 2.16. The zero-order chi connectivity index (χ0) is 13.8. The second kappa shape index (κ2) is 5.51. The fourth-order valence-corrected chi connectivity index (χ4v) is 1.65. The highest BCUT2D eigenvalue weighted by Crippen LogP contribution is 2.22. The summed E-state index contributed by atoms with van der Waals surface area (Å²) in [6.07, 6.45) is 5.67. The zero-order valence-corrected chi connectivity index (χ0v) is 10.8. The van der Waals surface area contributed by atoms with E-state index in [1.54, 1.807) is 24.0 Å². The standard InChI is InChI=1S/C13H15N3O3/c1-3-4-16-8-11(7-15-16)19-12-9(2)5-10(6-14-12)13(17)18/h5-8H,3-4H2,1-2H3,(H,17,18).